The highest BCUT2D eigenvalue weighted by Crippen LogP contribution is 2.29. The van der Waals surface area contributed by atoms with Gasteiger partial charge in [-0.15, -0.1) is 0 Å². The van der Waals surface area contributed by atoms with Crippen molar-refractivity contribution in [2.75, 3.05) is 26.2 Å². The van der Waals surface area contributed by atoms with Crippen LogP contribution in [0.3, 0.4) is 0 Å². The smallest absolute Gasteiger partial charge is 0.320 e. The van der Waals surface area contributed by atoms with E-state index < -0.39 is 10.0 Å². The minimum atomic E-state index is -3.54. The first kappa shape index (κ1) is 22.8. The van der Waals surface area contributed by atoms with Gasteiger partial charge >= 0.3 is 6.03 Å². The third-order valence-electron chi connectivity index (χ3n) is 6.69. The molecule has 0 bridgehead atoms. The van der Waals surface area contributed by atoms with E-state index in [9.17, 15) is 13.2 Å². The molecular formula is C25H33N3O3S. The van der Waals surface area contributed by atoms with Crippen LogP contribution in [0.5, 0.6) is 0 Å². The molecule has 0 radical (unpaired) electrons. The highest BCUT2D eigenvalue weighted by molar-refractivity contribution is 7.89. The number of benzene rings is 2. The van der Waals surface area contributed by atoms with E-state index in [1.807, 2.05) is 42.7 Å². The van der Waals surface area contributed by atoms with E-state index in [0.29, 0.717) is 50.5 Å². The lowest BCUT2D eigenvalue weighted by molar-refractivity contribution is 0.153. The van der Waals surface area contributed by atoms with Gasteiger partial charge in [-0.3, -0.25) is 0 Å². The molecule has 0 aromatic heterocycles. The van der Waals surface area contributed by atoms with Crippen LogP contribution in [0.1, 0.15) is 40.7 Å². The Morgan fingerprint density at radius 2 is 1.44 bits per heavy atom. The van der Waals surface area contributed by atoms with Gasteiger partial charge in [-0.1, -0.05) is 47.5 Å². The number of rotatable bonds is 5. The van der Waals surface area contributed by atoms with Crippen molar-refractivity contribution in [3.63, 3.8) is 0 Å². The topological polar surface area (TPSA) is 60.9 Å². The summed E-state index contributed by atoms with van der Waals surface area (Å²) in [5.41, 5.74) is 5.01. The van der Waals surface area contributed by atoms with E-state index in [2.05, 4.69) is 31.2 Å². The number of carbonyl (C=O) groups excluding carboxylic acids is 1. The molecule has 2 aliphatic heterocycles. The molecule has 2 amide bonds. The zero-order valence-corrected chi connectivity index (χ0v) is 20.3. The lowest BCUT2D eigenvalue weighted by Crippen LogP contribution is -2.48. The molecule has 6 nitrogen and oxygen atoms in total. The average Bonchev–Trinajstić information content (AvgIpc) is 3.09. The van der Waals surface area contributed by atoms with Crippen molar-refractivity contribution in [2.24, 2.45) is 0 Å². The molecule has 32 heavy (non-hydrogen) atoms. The molecule has 0 saturated carbocycles. The van der Waals surface area contributed by atoms with E-state index in [1.165, 1.54) is 5.56 Å². The summed E-state index contributed by atoms with van der Waals surface area (Å²) < 4.78 is 28.3. The van der Waals surface area contributed by atoms with Crippen LogP contribution in [-0.4, -0.2) is 60.8 Å². The molecular weight excluding hydrogens is 422 g/mol. The van der Waals surface area contributed by atoms with Crippen LogP contribution in [0, 0.1) is 27.7 Å². The molecule has 2 fully saturated rings. The van der Waals surface area contributed by atoms with Crippen LogP contribution in [0.15, 0.2) is 41.3 Å². The highest BCUT2D eigenvalue weighted by Gasteiger charge is 2.38. The summed E-state index contributed by atoms with van der Waals surface area (Å²) >= 11 is 0. The van der Waals surface area contributed by atoms with Gasteiger partial charge in [0.2, 0.25) is 10.0 Å². The Morgan fingerprint density at radius 3 is 2.03 bits per heavy atom. The Balaban J connectivity index is 1.39. The van der Waals surface area contributed by atoms with Crippen LogP contribution >= 0.6 is 0 Å². The highest BCUT2D eigenvalue weighted by atomic mass is 32.2. The first-order valence-corrected chi connectivity index (χ1v) is 12.8. The molecule has 0 unspecified atom stereocenters. The fourth-order valence-electron chi connectivity index (χ4n) is 5.10. The standard InChI is InChI=1S/C25H33N3O3S/c1-18-5-7-22(8-6-18)17-26-13-14-28(25(26)29)23-9-11-27(12-10-23)32(30,31)24-20(3)15-19(2)16-21(24)4/h5-8,15-16,23H,9-14,17H2,1-4H3. The number of amides is 2. The van der Waals surface area contributed by atoms with Crippen molar-refractivity contribution in [3.05, 3.63) is 64.2 Å². The molecule has 2 aliphatic rings. The number of nitrogens with zero attached hydrogens (tertiary/aromatic N) is 3. The molecule has 172 valence electrons. The molecule has 2 heterocycles. The van der Waals surface area contributed by atoms with Crippen LogP contribution in [0.2, 0.25) is 0 Å². The van der Waals surface area contributed by atoms with Gasteiger partial charge in [-0.25, -0.2) is 13.2 Å². The number of urea groups is 1. The molecule has 2 aromatic carbocycles. The Labute approximate surface area is 191 Å². The predicted octanol–water partition coefficient (Wildman–Crippen LogP) is 4.01. The molecule has 4 rings (SSSR count). The number of hydrogen-bond acceptors (Lipinski definition) is 3. The summed E-state index contributed by atoms with van der Waals surface area (Å²) in [7, 11) is -3.54. The van der Waals surface area contributed by atoms with Crippen molar-refractivity contribution in [1.82, 2.24) is 14.1 Å². The third-order valence-corrected chi connectivity index (χ3v) is 8.89. The lowest BCUT2D eigenvalue weighted by Gasteiger charge is -2.36. The normalized spacial score (nSPS) is 18.6. The van der Waals surface area contributed by atoms with Crippen molar-refractivity contribution >= 4 is 16.1 Å². The average molecular weight is 456 g/mol. The summed E-state index contributed by atoms with van der Waals surface area (Å²) in [5, 5.41) is 0. The van der Waals surface area contributed by atoms with Gasteiger partial charge in [-0.2, -0.15) is 4.31 Å². The van der Waals surface area contributed by atoms with Crippen LogP contribution in [0.4, 0.5) is 4.79 Å². The lowest BCUT2D eigenvalue weighted by atomic mass is 10.1. The van der Waals surface area contributed by atoms with Gasteiger partial charge in [0.15, 0.2) is 0 Å². The number of carbonyl (C=O) groups is 1. The molecule has 0 aliphatic carbocycles. The molecule has 2 saturated heterocycles. The van der Waals surface area contributed by atoms with Crippen molar-refractivity contribution in [1.29, 1.82) is 0 Å². The summed E-state index contributed by atoms with van der Waals surface area (Å²) in [5.74, 6) is 0. The number of piperidine rings is 1. The molecule has 7 heteroatoms. The second-order valence-electron chi connectivity index (χ2n) is 9.25. The zero-order chi connectivity index (χ0) is 23.0. The van der Waals surface area contributed by atoms with Gasteiger partial charge in [0.25, 0.3) is 0 Å². The fourth-order valence-corrected chi connectivity index (χ4v) is 6.98. The minimum absolute atomic E-state index is 0.0668. The van der Waals surface area contributed by atoms with E-state index in [1.54, 1.807) is 4.31 Å². The number of aryl methyl sites for hydroxylation is 4. The number of hydrogen-bond donors (Lipinski definition) is 0. The van der Waals surface area contributed by atoms with E-state index in [4.69, 9.17) is 0 Å². The summed E-state index contributed by atoms with van der Waals surface area (Å²) in [6, 6.07) is 12.3. The Bertz CT molecular complexity index is 1080. The van der Waals surface area contributed by atoms with Gasteiger partial charge in [0.05, 0.1) is 4.90 Å². The second-order valence-corrected chi connectivity index (χ2v) is 11.1. The quantitative estimate of drug-likeness (QED) is 0.684. The van der Waals surface area contributed by atoms with Gasteiger partial charge in [0, 0.05) is 38.8 Å². The summed E-state index contributed by atoms with van der Waals surface area (Å²) in [4.78, 5) is 17.3. The molecule has 2 aromatic rings. The Hall–Kier alpha value is -2.38. The van der Waals surface area contributed by atoms with Crippen molar-refractivity contribution in [3.8, 4) is 0 Å². The number of sulfonamides is 1. The Morgan fingerprint density at radius 1 is 0.844 bits per heavy atom. The van der Waals surface area contributed by atoms with E-state index >= 15 is 0 Å². The monoisotopic (exact) mass is 455 g/mol. The second kappa shape index (κ2) is 8.87. The maximum absolute atomic E-state index is 13.3. The first-order valence-electron chi connectivity index (χ1n) is 11.4. The van der Waals surface area contributed by atoms with E-state index in [0.717, 1.165) is 22.3 Å². The fraction of sp³-hybridized carbons (Fsp3) is 0.480. The van der Waals surface area contributed by atoms with E-state index in [-0.39, 0.29) is 12.1 Å². The molecule has 0 N–H and O–H groups in total. The zero-order valence-electron chi connectivity index (χ0n) is 19.5. The van der Waals surface area contributed by atoms with Crippen LogP contribution in [0.25, 0.3) is 0 Å². The third kappa shape index (κ3) is 4.41. The van der Waals surface area contributed by atoms with Gasteiger partial charge in [-0.05, 0) is 57.2 Å². The maximum atomic E-state index is 13.3. The molecule has 0 spiro atoms. The van der Waals surface area contributed by atoms with Gasteiger partial charge < -0.3 is 9.80 Å². The van der Waals surface area contributed by atoms with Crippen LogP contribution in [-0.2, 0) is 16.6 Å². The molecule has 0 atom stereocenters. The minimum Gasteiger partial charge on any atom is -0.320 e. The van der Waals surface area contributed by atoms with Crippen molar-refractivity contribution in [2.45, 2.75) is 58.0 Å². The van der Waals surface area contributed by atoms with Crippen LogP contribution < -0.4 is 0 Å². The van der Waals surface area contributed by atoms with Crippen molar-refractivity contribution < 1.29 is 13.2 Å². The summed E-state index contributed by atoms with van der Waals surface area (Å²) in [6.45, 7) is 10.7. The predicted molar refractivity (Wildman–Crippen MR) is 126 cm³/mol. The maximum Gasteiger partial charge on any atom is 0.320 e. The van der Waals surface area contributed by atoms with Gasteiger partial charge in [0.1, 0.15) is 0 Å². The summed E-state index contributed by atoms with van der Waals surface area (Å²) in [6.07, 6.45) is 1.35. The largest absolute Gasteiger partial charge is 0.320 e. The SMILES string of the molecule is Cc1ccc(CN2CCN(C3CCN(S(=O)(=O)c4c(C)cc(C)cc4C)CC3)C2=O)cc1. The Kier molecular flexibility index (Phi) is 6.32. The first-order chi connectivity index (χ1) is 15.2.